The summed E-state index contributed by atoms with van der Waals surface area (Å²) >= 11 is 0. The zero-order valence-corrected chi connectivity index (χ0v) is 22.4. The lowest BCUT2D eigenvalue weighted by Crippen LogP contribution is -2.52. The van der Waals surface area contributed by atoms with Crippen molar-refractivity contribution in [2.24, 2.45) is 5.92 Å². The van der Waals surface area contributed by atoms with Crippen LogP contribution < -0.4 is 10.6 Å². The smallest absolute Gasteiger partial charge is 0.352 e. The number of benzene rings is 2. The minimum absolute atomic E-state index is 0.0170. The van der Waals surface area contributed by atoms with E-state index in [1.54, 1.807) is 30.3 Å². The maximum Gasteiger partial charge on any atom is 0.416 e. The van der Waals surface area contributed by atoms with E-state index in [0.717, 1.165) is 50.6 Å². The lowest BCUT2D eigenvalue weighted by molar-refractivity contribution is -0.137. The van der Waals surface area contributed by atoms with Crippen molar-refractivity contribution in [2.75, 3.05) is 25.4 Å². The number of hydrogen-bond donors (Lipinski definition) is 2. The molecular weight excluding hydrogens is 531 g/mol. The number of halogens is 3. The maximum atomic E-state index is 13.2. The number of nitrogens with one attached hydrogen (secondary N) is 2. The number of nitrogens with zero attached hydrogens (tertiary/aromatic N) is 1. The van der Waals surface area contributed by atoms with E-state index in [9.17, 15) is 31.2 Å². The molecule has 11 heteroatoms. The largest absolute Gasteiger partial charge is 0.416 e. The Morgan fingerprint density at radius 1 is 0.949 bits per heavy atom. The average Bonchev–Trinajstić information content (AvgIpc) is 2.92. The molecule has 0 bridgehead atoms. The van der Waals surface area contributed by atoms with Gasteiger partial charge in [-0.05, 0) is 81.4 Å². The van der Waals surface area contributed by atoms with E-state index in [0.29, 0.717) is 12.8 Å². The van der Waals surface area contributed by atoms with E-state index in [4.69, 9.17) is 0 Å². The van der Waals surface area contributed by atoms with Crippen LogP contribution in [-0.2, 0) is 20.8 Å². The van der Waals surface area contributed by atoms with Crippen molar-refractivity contribution >= 4 is 21.7 Å². The van der Waals surface area contributed by atoms with Gasteiger partial charge < -0.3 is 15.5 Å². The Balaban J connectivity index is 1.37. The SMILES string of the molecule is O=C(CNC(=O)c1cccc(C(F)(F)F)c1)N[C@H]1CC[C@@H](N2CCCCC2)[C@@H](CS(=O)(=O)c2ccccc2)C1. The van der Waals surface area contributed by atoms with Crippen molar-refractivity contribution in [3.05, 3.63) is 65.7 Å². The van der Waals surface area contributed by atoms with Crippen LogP contribution >= 0.6 is 0 Å². The molecule has 2 N–H and O–H groups in total. The van der Waals surface area contributed by atoms with Crippen molar-refractivity contribution in [1.82, 2.24) is 15.5 Å². The second-order valence-corrected chi connectivity index (χ2v) is 12.4. The van der Waals surface area contributed by atoms with Crippen LogP contribution in [0.2, 0.25) is 0 Å². The van der Waals surface area contributed by atoms with Crippen molar-refractivity contribution in [3.8, 4) is 0 Å². The predicted molar refractivity (Wildman–Crippen MR) is 141 cm³/mol. The highest BCUT2D eigenvalue weighted by Gasteiger charge is 2.38. The molecule has 0 spiro atoms. The van der Waals surface area contributed by atoms with Gasteiger partial charge in [0.1, 0.15) is 0 Å². The lowest BCUT2D eigenvalue weighted by atomic mass is 9.81. The third kappa shape index (κ3) is 7.82. The molecule has 1 saturated carbocycles. The second-order valence-electron chi connectivity index (χ2n) is 10.4. The van der Waals surface area contributed by atoms with Crippen molar-refractivity contribution < 1.29 is 31.2 Å². The molecule has 1 saturated heterocycles. The van der Waals surface area contributed by atoms with Gasteiger partial charge in [-0.3, -0.25) is 9.59 Å². The van der Waals surface area contributed by atoms with E-state index >= 15 is 0 Å². The summed E-state index contributed by atoms with van der Waals surface area (Å²) in [4.78, 5) is 27.7. The molecule has 0 radical (unpaired) electrons. The number of piperidine rings is 1. The minimum atomic E-state index is -4.58. The molecule has 212 valence electrons. The molecule has 1 aliphatic heterocycles. The van der Waals surface area contributed by atoms with Crippen LogP contribution in [0, 0.1) is 5.92 Å². The minimum Gasteiger partial charge on any atom is -0.352 e. The Hall–Kier alpha value is -2.92. The highest BCUT2D eigenvalue weighted by atomic mass is 32.2. The average molecular weight is 566 g/mol. The monoisotopic (exact) mass is 565 g/mol. The van der Waals surface area contributed by atoms with E-state index in [1.807, 2.05) is 0 Å². The number of sulfone groups is 1. The summed E-state index contributed by atoms with van der Waals surface area (Å²) in [7, 11) is -3.53. The number of rotatable bonds is 8. The van der Waals surface area contributed by atoms with Gasteiger partial charge in [0, 0.05) is 17.6 Å². The summed E-state index contributed by atoms with van der Waals surface area (Å²) in [5, 5.41) is 5.27. The molecule has 7 nitrogen and oxygen atoms in total. The highest BCUT2D eigenvalue weighted by Crippen LogP contribution is 2.33. The predicted octanol–water partition coefficient (Wildman–Crippen LogP) is 4.05. The number of amides is 2. The highest BCUT2D eigenvalue weighted by molar-refractivity contribution is 7.91. The molecule has 2 aliphatic rings. The fourth-order valence-electron chi connectivity index (χ4n) is 5.67. The Morgan fingerprint density at radius 3 is 2.36 bits per heavy atom. The van der Waals surface area contributed by atoms with Crippen molar-refractivity contribution in [3.63, 3.8) is 0 Å². The number of carbonyl (C=O) groups excluding carboxylic acids is 2. The van der Waals surface area contributed by atoms with Gasteiger partial charge in [-0.25, -0.2) is 8.42 Å². The van der Waals surface area contributed by atoms with E-state index in [2.05, 4.69) is 15.5 Å². The molecule has 3 atom stereocenters. The van der Waals surface area contributed by atoms with Gasteiger partial charge in [-0.15, -0.1) is 0 Å². The fraction of sp³-hybridized carbons (Fsp3) is 0.500. The molecule has 2 amide bonds. The Kier molecular flexibility index (Phi) is 9.32. The molecule has 2 aromatic rings. The van der Waals surface area contributed by atoms with Crippen molar-refractivity contribution in [1.29, 1.82) is 0 Å². The summed E-state index contributed by atoms with van der Waals surface area (Å²) in [6, 6.07) is 12.2. The zero-order valence-electron chi connectivity index (χ0n) is 21.6. The topological polar surface area (TPSA) is 95.6 Å². The van der Waals surface area contributed by atoms with Gasteiger partial charge in [0.25, 0.3) is 5.91 Å². The molecule has 2 aromatic carbocycles. The number of hydrogen-bond acceptors (Lipinski definition) is 5. The first kappa shape index (κ1) is 29.1. The summed E-state index contributed by atoms with van der Waals surface area (Å²) in [6.45, 7) is 1.48. The van der Waals surface area contributed by atoms with Crippen LogP contribution in [0.3, 0.4) is 0 Å². The number of likely N-dealkylation sites (tertiary alicyclic amines) is 1. The van der Waals surface area contributed by atoms with Gasteiger partial charge >= 0.3 is 6.18 Å². The Bertz CT molecular complexity index is 1250. The van der Waals surface area contributed by atoms with Gasteiger partial charge in [-0.2, -0.15) is 13.2 Å². The fourth-order valence-corrected chi connectivity index (χ4v) is 7.36. The molecule has 1 aliphatic carbocycles. The van der Waals surface area contributed by atoms with E-state index < -0.39 is 39.9 Å². The third-order valence-electron chi connectivity index (χ3n) is 7.56. The number of carbonyl (C=O) groups is 2. The summed E-state index contributed by atoms with van der Waals surface area (Å²) in [5.41, 5.74) is -1.13. The van der Waals surface area contributed by atoms with Crippen LogP contribution in [0.1, 0.15) is 54.4 Å². The van der Waals surface area contributed by atoms with Crippen LogP contribution in [0.4, 0.5) is 13.2 Å². The summed E-state index contributed by atoms with van der Waals surface area (Å²) in [6.07, 6.45) is 0.667. The molecule has 0 unspecified atom stereocenters. The Morgan fingerprint density at radius 2 is 1.67 bits per heavy atom. The maximum absolute atomic E-state index is 13.2. The second kappa shape index (κ2) is 12.5. The van der Waals surface area contributed by atoms with Gasteiger partial charge in [0.2, 0.25) is 5.91 Å². The molecule has 4 rings (SSSR count). The van der Waals surface area contributed by atoms with Crippen LogP contribution in [-0.4, -0.2) is 62.6 Å². The first-order valence-corrected chi connectivity index (χ1v) is 14.9. The molecule has 2 fully saturated rings. The summed E-state index contributed by atoms with van der Waals surface area (Å²) < 4.78 is 65.3. The molecular formula is C28H34F3N3O4S. The first-order valence-electron chi connectivity index (χ1n) is 13.3. The van der Waals surface area contributed by atoms with Gasteiger partial charge in [0.15, 0.2) is 9.84 Å². The Labute approximate surface area is 227 Å². The molecule has 1 heterocycles. The van der Waals surface area contributed by atoms with Crippen LogP contribution in [0.15, 0.2) is 59.5 Å². The lowest BCUT2D eigenvalue weighted by Gasteiger charge is -2.44. The van der Waals surface area contributed by atoms with Crippen LogP contribution in [0.5, 0.6) is 0 Å². The van der Waals surface area contributed by atoms with E-state index in [1.165, 1.54) is 12.5 Å². The quantitative estimate of drug-likeness (QED) is 0.504. The van der Waals surface area contributed by atoms with Gasteiger partial charge in [0.05, 0.1) is 22.8 Å². The van der Waals surface area contributed by atoms with Crippen molar-refractivity contribution in [2.45, 2.75) is 61.7 Å². The standard InChI is InChI=1S/C28H34F3N3O4S/c29-28(30,31)22-9-7-8-20(16-22)27(36)32-18-26(35)33-23-12-13-25(34-14-5-2-6-15-34)21(17-23)19-39(37,38)24-10-3-1-4-11-24/h1,3-4,7-11,16,21,23,25H,2,5-6,12-15,17-19H2,(H,32,36)(H,33,35)/t21-,23+,25-/m1/s1. The summed E-state index contributed by atoms with van der Waals surface area (Å²) in [5.74, 6) is -1.44. The first-order chi connectivity index (χ1) is 18.5. The molecule has 39 heavy (non-hydrogen) atoms. The molecule has 0 aromatic heterocycles. The normalized spacial score (nSPS) is 22.7. The number of alkyl halides is 3. The zero-order chi connectivity index (χ0) is 28.0. The van der Waals surface area contributed by atoms with E-state index in [-0.39, 0.29) is 34.2 Å². The van der Waals surface area contributed by atoms with Gasteiger partial charge in [-0.1, -0.05) is 30.7 Å². The van der Waals surface area contributed by atoms with Crippen LogP contribution in [0.25, 0.3) is 0 Å². The third-order valence-corrected chi connectivity index (χ3v) is 9.42.